The first-order valence-electron chi connectivity index (χ1n) is 9.38. The number of nitrogens with zero attached hydrogens (tertiary/aromatic N) is 3. The van der Waals surface area contributed by atoms with Gasteiger partial charge in [-0.05, 0) is 25.1 Å². The van der Waals surface area contributed by atoms with Crippen LogP contribution in [-0.2, 0) is 10.0 Å². The van der Waals surface area contributed by atoms with E-state index in [2.05, 4.69) is 4.90 Å². The van der Waals surface area contributed by atoms with Gasteiger partial charge in [0.25, 0.3) is 0 Å². The summed E-state index contributed by atoms with van der Waals surface area (Å²) in [4.78, 5) is 5.85. The Morgan fingerprint density at radius 3 is 2.40 bits per heavy atom. The number of sulfonamides is 1. The van der Waals surface area contributed by atoms with E-state index in [0.29, 0.717) is 36.2 Å². The molecule has 0 saturated carbocycles. The Balaban J connectivity index is 1.46. The number of piperazine rings is 1. The van der Waals surface area contributed by atoms with Crippen LogP contribution in [0.2, 0.25) is 10.0 Å². The van der Waals surface area contributed by atoms with Gasteiger partial charge in [0.15, 0.2) is 5.13 Å². The Morgan fingerprint density at radius 1 is 1.10 bits per heavy atom. The number of hydrogen-bond donors (Lipinski definition) is 0. The van der Waals surface area contributed by atoms with Crippen molar-refractivity contribution >= 4 is 61.3 Å². The van der Waals surface area contributed by atoms with Crippen LogP contribution in [0.25, 0.3) is 11.3 Å². The van der Waals surface area contributed by atoms with Gasteiger partial charge >= 0.3 is 0 Å². The van der Waals surface area contributed by atoms with E-state index in [1.165, 1.54) is 15.6 Å². The number of rotatable bonds is 4. The molecule has 1 aliphatic heterocycles. The lowest BCUT2D eigenvalue weighted by Gasteiger charge is -2.38. The maximum atomic E-state index is 13.2. The van der Waals surface area contributed by atoms with Gasteiger partial charge in [-0.25, -0.2) is 13.4 Å². The lowest BCUT2D eigenvalue weighted by atomic mass is 10.0. The van der Waals surface area contributed by atoms with Gasteiger partial charge in [0.2, 0.25) is 10.0 Å². The van der Waals surface area contributed by atoms with Crippen LogP contribution in [0.3, 0.4) is 0 Å². The van der Waals surface area contributed by atoms with E-state index in [0.717, 1.165) is 16.4 Å². The number of aromatic nitrogens is 1. The number of thiazole rings is 1. The molecule has 0 bridgehead atoms. The summed E-state index contributed by atoms with van der Waals surface area (Å²) in [6.45, 7) is 3.64. The maximum absolute atomic E-state index is 13.2. The second-order valence-electron chi connectivity index (χ2n) is 7.42. The van der Waals surface area contributed by atoms with E-state index in [1.54, 1.807) is 37.3 Å². The minimum absolute atomic E-state index is 0.390. The highest BCUT2D eigenvalue weighted by Gasteiger charge is 2.43. The van der Waals surface area contributed by atoms with Gasteiger partial charge in [-0.1, -0.05) is 47.5 Å². The molecule has 0 N–H and O–H groups in total. The highest BCUT2D eigenvalue weighted by Crippen LogP contribution is 2.34. The largest absolute Gasteiger partial charge is 0.345 e. The molecule has 2 heterocycles. The summed E-state index contributed by atoms with van der Waals surface area (Å²) in [6, 6.07) is 5.33. The quantitative estimate of drug-likeness (QED) is 0.546. The molecular weight excluding hydrogens is 485 g/mol. The Hall–Kier alpha value is -1.09. The van der Waals surface area contributed by atoms with Crippen molar-refractivity contribution in [2.24, 2.45) is 0 Å². The van der Waals surface area contributed by atoms with Crippen LogP contribution >= 0.6 is 46.1 Å². The molecule has 1 aliphatic carbocycles. The van der Waals surface area contributed by atoms with E-state index in [-0.39, 0.29) is 0 Å². The van der Waals surface area contributed by atoms with Crippen LogP contribution in [0.5, 0.6) is 0 Å². The molecule has 10 heteroatoms. The Kier molecular flexibility index (Phi) is 6.23. The highest BCUT2D eigenvalue weighted by atomic mass is 35.5. The summed E-state index contributed by atoms with van der Waals surface area (Å²) >= 11 is 20.2. The third kappa shape index (κ3) is 4.42. The van der Waals surface area contributed by atoms with Crippen LogP contribution in [0.4, 0.5) is 5.13 Å². The van der Waals surface area contributed by atoms with Crippen molar-refractivity contribution in [2.75, 3.05) is 31.1 Å². The molecule has 1 aromatic carbocycles. The standard InChI is InChI=1S/C20H20Cl3N3O2S2/c1-20(23)5-3-2-4-18(20)30(27,28)26-8-6-25(7-9-26)19-24-17(13-29-19)14-10-15(21)12-16(22)11-14/h2-5,10-13,18H,6-9H2,1H3. The Bertz CT molecular complexity index is 1080. The predicted molar refractivity (Wildman–Crippen MR) is 127 cm³/mol. The van der Waals surface area contributed by atoms with Crippen molar-refractivity contribution in [1.82, 2.24) is 9.29 Å². The number of anilines is 1. The average Bonchev–Trinajstić information content (AvgIpc) is 3.17. The van der Waals surface area contributed by atoms with Gasteiger partial charge in [0, 0.05) is 47.2 Å². The molecule has 2 aliphatic rings. The van der Waals surface area contributed by atoms with Crippen molar-refractivity contribution in [3.63, 3.8) is 0 Å². The monoisotopic (exact) mass is 503 g/mol. The zero-order valence-electron chi connectivity index (χ0n) is 16.1. The molecule has 5 nitrogen and oxygen atoms in total. The van der Waals surface area contributed by atoms with Gasteiger partial charge in [0.1, 0.15) is 5.25 Å². The molecule has 1 aromatic heterocycles. The van der Waals surface area contributed by atoms with Crippen LogP contribution in [0.1, 0.15) is 6.92 Å². The molecule has 4 rings (SSSR count). The van der Waals surface area contributed by atoms with Crippen LogP contribution in [-0.4, -0.2) is 54.0 Å². The van der Waals surface area contributed by atoms with E-state index >= 15 is 0 Å². The van der Waals surface area contributed by atoms with Crippen LogP contribution in [0, 0.1) is 0 Å². The highest BCUT2D eigenvalue weighted by molar-refractivity contribution is 7.90. The lowest BCUT2D eigenvalue weighted by Crippen LogP contribution is -2.54. The summed E-state index contributed by atoms with van der Waals surface area (Å²) in [5.41, 5.74) is 1.65. The topological polar surface area (TPSA) is 53.5 Å². The van der Waals surface area contributed by atoms with Crippen molar-refractivity contribution in [1.29, 1.82) is 0 Å². The fourth-order valence-electron chi connectivity index (χ4n) is 3.62. The van der Waals surface area contributed by atoms with Gasteiger partial charge < -0.3 is 4.90 Å². The van der Waals surface area contributed by atoms with Crippen molar-refractivity contribution in [3.8, 4) is 11.3 Å². The molecule has 2 aromatic rings. The van der Waals surface area contributed by atoms with E-state index < -0.39 is 20.1 Å². The first-order valence-corrected chi connectivity index (χ1v) is 12.9. The third-order valence-electron chi connectivity index (χ3n) is 5.22. The van der Waals surface area contributed by atoms with E-state index in [9.17, 15) is 8.42 Å². The minimum atomic E-state index is -3.56. The molecule has 2 atom stereocenters. The van der Waals surface area contributed by atoms with Crippen molar-refractivity contribution in [3.05, 3.63) is 57.9 Å². The van der Waals surface area contributed by atoms with Gasteiger partial charge in [0.05, 0.1) is 10.6 Å². The lowest BCUT2D eigenvalue weighted by molar-refractivity contribution is 0.379. The zero-order chi connectivity index (χ0) is 21.5. The molecule has 30 heavy (non-hydrogen) atoms. The van der Waals surface area contributed by atoms with Crippen molar-refractivity contribution in [2.45, 2.75) is 17.0 Å². The second kappa shape index (κ2) is 8.45. The fourth-order valence-corrected chi connectivity index (χ4v) is 7.46. The fraction of sp³-hybridized carbons (Fsp3) is 0.350. The van der Waals surface area contributed by atoms with Gasteiger partial charge in [-0.3, -0.25) is 0 Å². The zero-order valence-corrected chi connectivity index (χ0v) is 20.0. The SMILES string of the molecule is CC1(Cl)C=CC=CC1S(=O)(=O)N1CCN(c2nc(-c3cc(Cl)cc(Cl)c3)cs2)CC1. The first kappa shape index (κ1) is 22.1. The molecular formula is C20H20Cl3N3O2S2. The van der Waals surface area contributed by atoms with Crippen molar-refractivity contribution < 1.29 is 8.42 Å². The molecule has 0 spiro atoms. The average molecular weight is 505 g/mol. The van der Waals surface area contributed by atoms with E-state index in [4.69, 9.17) is 39.8 Å². The van der Waals surface area contributed by atoms with Crippen LogP contribution in [0.15, 0.2) is 47.9 Å². The molecule has 2 unspecified atom stereocenters. The molecule has 0 radical (unpaired) electrons. The smallest absolute Gasteiger partial charge is 0.222 e. The van der Waals surface area contributed by atoms with Gasteiger partial charge in [-0.2, -0.15) is 4.31 Å². The number of alkyl halides is 1. The minimum Gasteiger partial charge on any atom is -0.345 e. The summed E-state index contributed by atoms with van der Waals surface area (Å²) in [6.07, 6.45) is 6.91. The normalized spacial score (nSPS) is 25.1. The Morgan fingerprint density at radius 2 is 1.77 bits per heavy atom. The third-order valence-corrected chi connectivity index (χ3v) is 9.42. The van der Waals surface area contributed by atoms with Gasteiger partial charge in [-0.15, -0.1) is 22.9 Å². The summed E-state index contributed by atoms with van der Waals surface area (Å²) < 4.78 is 27.8. The first-order chi connectivity index (χ1) is 14.2. The summed E-state index contributed by atoms with van der Waals surface area (Å²) in [5, 5.41) is 3.15. The predicted octanol–water partition coefficient (Wildman–Crippen LogP) is 5.06. The molecule has 1 saturated heterocycles. The molecule has 1 fully saturated rings. The summed E-state index contributed by atoms with van der Waals surface area (Å²) in [5.74, 6) is 0. The van der Waals surface area contributed by atoms with Crippen LogP contribution < -0.4 is 4.90 Å². The molecule has 0 amide bonds. The Labute approximate surface area is 195 Å². The maximum Gasteiger partial charge on any atom is 0.222 e. The second-order valence-corrected chi connectivity index (χ2v) is 12.0. The van der Waals surface area contributed by atoms with E-state index in [1.807, 2.05) is 17.5 Å². The summed E-state index contributed by atoms with van der Waals surface area (Å²) in [7, 11) is -3.56. The number of allylic oxidation sites excluding steroid dienone is 3. The number of hydrogen-bond acceptors (Lipinski definition) is 5. The number of halogens is 3. The number of benzene rings is 1. The molecule has 160 valence electrons.